The summed E-state index contributed by atoms with van der Waals surface area (Å²) in [6.07, 6.45) is 4.88. The molecule has 2 aromatic heterocycles. The smallest absolute Gasteiger partial charge is 0.159 e. The number of rotatable bonds is 6. The first-order valence-electron chi connectivity index (χ1n) is 6.16. The van der Waals surface area contributed by atoms with Crippen LogP contribution in [0.5, 0.6) is 0 Å². The van der Waals surface area contributed by atoms with Crippen LogP contribution in [0.25, 0.3) is 11.2 Å². The molecule has 4 nitrogen and oxygen atoms in total. The Balaban J connectivity index is 2.29. The number of aryl methyl sites for hydroxylation is 2. The van der Waals surface area contributed by atoms with Gasteiger partial charge >= 0.3 is 0 Å². The average Bonchev–Trinajstić information content (AvgIpc) is 2.69. The molecule has 0 amide bonds. The minimum atomic E-state index is 0.781. The molecule has 0 aliphatic carbocycles. The van der Waals surface area contributed by atoms with Crippen LogP contribution in [0.3, 0.4) is 0 Å². The maximum Gasteiger partial charge on any atom is 0.159 e. The highest BCUT2D eigenvalue weighted by atomic mass is 16.5. The van der Waals surface area contributed by atoms with E-state index in [1.54, 1.807) is 7.11 Å². The number of imidazole rings is 1. The summed E-state index contributed by atoms with van der Waals surface area (Å²) < 4.78 is 7.31. The van der Waals surface area contributed by atoms with Gasteiger partial charge in [-0.1, -0.05) is 6.92 Å². The summed E-state index contributed by atoms with van der Waals surface area (Å²) in [5, 5.41) is 0. The second kappa shape index (κ2) is 5.77. The van der Waals surface area contributed by atoms with Gasteiger partial charge in [0.15, 0.2) is 5.65 Å². The monoisotopic (exact) mass is 233 g/mol. The van der Waals surface area contributed by atoms with Crippen molar-refractivity contribution < 1.29 is 4.74 Å². The van der Waals surface area contributed by atoms with E-state index in [4.69, 9.17) is 4.74 Å². The average molecular weight is 233 g/mol. The zero-order valence-corrected chi connectivity index (χ0v) is 10.5. The maximum absolute atomic E-state index is 5.08. The summed E-state index contributed by atoms with van der Waals surface area (Å²) in [5.74, 6) is 1.12. The number of hydrogen-bond donors (Lipinski definition) is 0. The normalized spacial score (nSPS) is 11.2. The van der Waals surface area contributed by atoms with E-state index in [-0.39, 0.29) is 0 Å². The SMILES string of the molecule is CCCn1c(CCCOC)nc2cccnc21. The van der Waals surface area contributed by atoms with E-state index < -0.39 is 0 Å². The molecule has 17 heavy (non-hydrogen) atoms. The van der Waals surface area contributed by atoms with Gasteiger partial charge in [0, 0.05) is 32.9 Å². The summed E-state index contributed by atoms with van der Waals surface area (Å²) in [6, 6.07) is 3.96. The van der Waals surface area contributed by atoms with Crippen LogP contribution >= 0.6 is 0 Å². The van der Waals surface area contributed by atoms with Crippen molar-refractivity contribution in [1.82, 2.24) is 14.5 Å². The third-order valence-electron chi connectivity index (χ3n) is 2.78. The third-order valence-corrected chi connectivity index (χ3v) is 2.78. The molecule has 4 heteroatoms. The zero-order valence-electron chi connectivity index (χ0n) is 10.5. The van der Waals surface area contributed by atoms with Gasteiger partial charge in [-0.05, 0) is 25.0 Å². The first-order valence-corrected chi connectivity index (χ1v) is 6.16. The lowest BCUT2D eigenvalue weighted by molar-refractivity contribution is 0.194. The Kier molecular flexibility index (Phi) is 4.09. The second-order valence-corrected chi connectivity index (χ2v) is 4.12. The highest BCUT2D eigenvalue weighted by Gasteiger charge is 2.10. The number of pyridine rings is 1. The molecule has 0 saturated heterocycles. The number of methoxy groups -OCH3 is 1. The summed E-state index contributed by atoms with van der Waals surface area (Å²) in [5.41, 5.74) is 2.00. The Morgan fingerprint density at radius 1 is 1.41 bits per heavy atom. The van der Waals surface area contributed by atoms with Crippen molar-refractivity contribution in [3.8, 4) is 0 Å². The first-order chi connectivity index (χ1) is 8.36. The summed E-state index contributed by atoms with van der Waals surface area (Å²) in [4.78, 5) is 9.07. The molecule has 0 atom stereocenters. The van der Waals surface area contributed by atoms with E-state index in [1.807, 2.05) is 18.3 Å². The molecule has 2 heterocycles. The standard InChI is InChI=1S/C13H19N3O/c1-3-9-16-12(7-5-10-17-2)15-11-6-4-8-14-13(11)16/h4,6,8H,3,5,7,9-10H2,1-2H3. The van der Waals surface area contributed by atoms with Gasteiger partial charge in [0.2, 0.25) is 0 Å². The predicted octanol–water partition coefficient (Wildman–Crippen LogP) is 2.42. The van der Waals surface area contributed by atoms with Gasteiger partial charge in [0.1, 0.15) is 11.3 Å². The van der Waals surface area contributed by atoms with Gasteiger partial charge in [0.05, 0.1) is 0 Å². The largest absolute Gasteiger partial charge is 0.385 e. The van der Waals surface area contributed by atoms with Crippen molar-refractivity contribution in [2.75, 3.05) is 13.7 Å². The Morgan fingerprint density at radius 2 is 2.29 bits per heavy atom. The van der Waals surface area contributed by atoms with Crippen LogP contribution in [0, 0.1) is 0 Å². The van der Waals surface area contributed by atoms with Gasteiger partial charge in [-0.3, -0.25) is 0 Å². The van der Waals surface area contributed by atoms with E-state index in [9.17, 15) is 0 Å². The van der Waals surface area contributed by atoms with Crippen molar-refractivity contribution in [1.29, 1.82) is 0 Å². The van der Waals surface area contributed by atoms with Crippen LogP contribution in [-0.4, -0.2) is 28.3 Å². The molecule has 0 spiro atoms. The number of nitrogens with zero attached hydrogens (tertiary/aromatic N) is 3. The summed E-state index contributed by atoms with van der Waals surface area (Å²) in [6.45, 7) is 3.94. The fourth-order valence-corrected chi connectivity index (χ4v) is 2.03. The Morgan fingerprint density at radius 3 is 3.06 bits per heavy atom. The van der Waals surface area contributed by atoms with Crippen LogP contribution in [0.4, 0.5) is 0 Å². The summed E-state index contributed by atoms with van der Waals surface area (Å²) >= 11 is 0. The van der Waals surface area contributed by atoms with Crippen molar-refractivity contribution in [3.63, 3.8) is 0 Å². The van der Waals surface area contributed by atoms with E-state index in [1.165, 1.54) is 0 Å². The quantitative estimate of drug-likeness (QED) is 0.719. The van der Waals surface area contributed by atoms with Gasteiger partial charge in [-0.25, -0.2) is 9.97 Å². The lowest BCUT2D eigenvalue weighted by Crippen LogP contribution is -2.05. The lowest BCUT2D eigenvalue weighted by atomic mass is 10.3. The molecular formula is C13H19N3O. The van der Waals surface area contributed by atoms with Gasteiger partial charge in [0.25, 0.3) is 0 Å². The third kappa shape index (κ3) is 2.64. The number of aromatic nitrogens is 3. The van der Waals surface area contributed by atoms with E-state index >= 15 is 0 Å². The van der Waals surface area contributed by atoms with Crippen LogP contribution in [0.2, 0.25) is 0 Å². The van der Waals surface area contributed by atoms with E-state index in [0.717, 1.165) is 49.4 Å². The Hall–Kier alpha value is -1.42. The Bertz CT molecular complexity index is 478. The summed E-state index contributed by atoms with van der Waals surface area (Å²) in [7, 11) is 1.73. The zero-order chi connectivity index (χ0) is 12.1. The second-order valence-electron chi connectivity index (χ2n) is 4.12. The molecule has 0 N–H and O–H groups in total. The molecule has 2 rings (SSSR count). The fraction of sp³-hybridized carbons (Fsp3) is 0.538. The first kappa shape index (κ1) is 12.0. The van der Waals surface area contributed by atoms with Crippen LogP contribution < -0.4 is 0 Å². The molecule has 0 bridgehead atoms. The molecule has 0 aliphatic heterocycles. The fourth-order valence-electron chi connectivity index (χ4n) is 2.03. The minimum absolute atomic E-state index is 0.781. The molecule has 0 fully saturated rings. The molecule has 0 unspecified atom stereocenters. The van der Waals surface area contributed by atoms with Crippen LogP contribution in [-0.2, 0) is 17.7 Å². The van der Waals surface area contributed by atoms with E-state index in [2.05, 4.69) is 21.5 Å². The van der Waals surface area contributed by atoms with Crippen molar-refractivity contribution in [3.05, 3.63) is 24.2 Å². The van der Waals surface area contributed by atoms with Gasteiger partial charge in [-0.2, -0.15) is 0 Å². The minimum Gasteiger partial charge on any atom is -0.385 e. The predicted molar refractivity (Wildman–Crippen MR) is 68.0 cm³/mol. The molecule has 0 aromatic carbocycles. The Labute approximate surface area is 102 Å². The van der Waals surface area contributed by atoms with Crippen molar-refractivity contribution >= 4 is 11.2 Å². The van der Waals surface area contributed by atoms with Gasteiger partial charge in [-0.15, -0.1) is 0 Å². The molecule has 0 saturated carbocycles. The topological polar surface area (TPSA) is 39.9 Å². The molecular weight excluding hydrogens is 214 g/mol. The highest BCUT2D eigenvalue weighted by molar-refractivity contribution is 5.71. The molecule has 0 aliphatic rings. The van der Waals surface area contributed by atoms with Crippen molar-refractivity contribution in [2.45, 2.75) is 32.7 Å². The lowest BCUT2D eigenvalue weighted by Gasteiger charge is -2.06. The molecule has 92 valence electrons. The van der Waals surface area contributed by atoms with Crippen molar-refractivity contribution in [2.24, 2.45) is 0 Å². The van der Waals surface area contributed by atoms with Crippen LogP contribution in [0.15, 0.2) is 18.3 Å². The number of ether oxygens (including phenoxy) is 1. The molecule has 0 radical (unpaired) electrons. The van der Waals surface area contributed by atoms with Gasteiger partial charge < -0.3 is 9.30 Å². The van der Waals surface area contributed by atoms with E-state index in [0.29, 0.717) is 0 Å². The molecule has 2 aromatic rings. The van der Waals surface area contributed by atoms with Crippen LogP contribution in [0.1, 0.15) is 25.6 Å². The highest BCUT2D eigenvalue weighted by Crippen LogP contribution is 2.15. The number of hydrogen-bond acceptors (Lipinski definition) is 3. The maximum atomic E-state index is 5.08. The number of fused-ring (bicyclic) bond motifs is 1.